The first-order chi connectivity index (χ1) is 8.25. The molecule has 2 saturated carbocycles. The van der Waals surface area contributed by atoms with E-state index in [0.717, 1.165) is 31.8 Å². The molecule has 2 aliphatic carbocycles. The van der Waals surface area contributed by atoms with Crippen molar-refractivity contribution in [1.82, 2.24) is 5.32 Å². The number of nitrogens with one attached hydrogen (secondary N) is 1. The van der Waals surface area contributed by atoms with Gasteiger partial charge in [0.2, 0.25) is 0 Å². The first kappa shape index (κ1) is 13.3. The van der Waals surface area contributed by atoms with Gasteiger partial charge in [0, 0.05) is 19.2 Å². The summed E-state index contributed by atoms with van der Waals surface area (Å²) in [4.78, 5) is 0. The van der Waals surface area contributed by atoms with Crippen molar-refractivity contribution in [3.63, 3.8) is 0 Å². The van der Waals surface area contributed by atoms with E-state index < -0.39 is 6.10 Å². The molecule has 0 amide bonds. The third-order valence-corrected chi connectivity index (χ3v) is 3.71. The minimum absolute atomic E-state index is 0.154. The quantitative estimate of drug-likeness (QED) is 0.615. The van der Waals surface area contributed by atoms with Crippen LogP contribution in [0.3, 0.4) is 0 Å². The van der Waals surface area contributed by atoms with Crippen LogP contribution in [0.25, 0.3) is 0 Å². The van der Waals surface area contributed by atoms with Crippen molar-refractivity contribution < 1.29 is 14.9 Å². The van der Waals surface area contributed by atoms with Crippen LogP contribution in [0.4, 0.5) is 0 Å². The molecule has 0 aromatic carbocycles. The number of hydrogen-bond acceptors (Lipinski definition) is 4. The van der Waals surface area contributed by atoms with Gasteiger partial charge in [0.15, 0.2) is 0 Å². The van der Waals surface area contributed by atoms with Crippen molar-refractivity contribution in [1.29, 1.82) is 0 Å². The number of aliphatic hydroxyl groups is 2. The SMILES string of the molecule is OC(CNC1CCCCC1O)COCC1CC1. The Balaban J connectivity index is 1.52. The van der Waals surface area contributed by atoms with Crippen LogP contribution in [0.1, 0.15) is 38.5 Å². The molecule has 4 nitrogen and oxygen atoms in total. The molecule has 0 heterocycles. The van der Waals surface area contributed by atoms with Gasteiger partial charge < -0.3 is 20.3 Å². The summed E-state index contributed by atoms with van der Waals surface area (Å²) in [6.07, 6.45) is 6.04. The summed E-state index contributed by atoms with van der Waals surface area (Å²) in [5.74, 6) is 0.746. The maximum absolute atomic E-state index is 9.76. The predicted molar refractivity (Wildman–Crippen MR) is 65.8 cm³/mol. The zero-order valence-corrected chi connectivity index (χ0v) is 10.5. The molecule has 0 bridgehead atoms. The maximum Gasteiger partial charge on any atom is 0.0897 e. The van der Waals surface area contributed by atoms with Gasteiger partial charge in [-0.1, -0.05) is 12.8 Å². The molecule has 2 fully saturated rings. The van der Waals surface area contributed by atoms with Crippen LogP contribution in [0, 0.1) is 5.92 Å². The fourth-order valence-corrected chi connectivity index (χ4v) is 2.35. The van der Waals surface area contributed by atoms with Crippen LogP contribution in [0.15, 0.2) is 0 Å². The molecule has 0 saturated heterocycles. The molecule has 17 heavy (non-hydrogen) atoms. The van der Waals surface area contributed by atoms with Crippen LogP contribution >= 0.6 is 0 Å². The van der Waals surface area contributed by atoms with Crippen molar-refractivity contribution in [2.45, 2.75) is 56.8 Å². The second-order valence-corrected chi connectivity index (χ2v) is 5.50. The van der Waals surface area contributed by atoms with Gasteiger partial charge >= 0.3 is 0 Å². The summed E-state index contributed by atoms with van der Waals surface area (Å²) in [6.45, 7) is 1.72. The summed E-state index contributed by atoms with van der Waals surface area (Å²) in [5, 5.41) is 22.7. The first-order valence-electron chi connectivity index (χ1n) is 6.93. The molecule has 0 aliphatic heterocycles. The molecule has 3 unspecified atom stereocenters. The van der Waals surface area contributed by atoms with Gasteiger partial charge in [-0.2, -0.15) is 0 Å². The van der Waals surface area contributed by atoms with Crippen LogP contribution in [-0.4, -0.2) is 48.2 Å². The van der Waals surface area contributed by atoms with Crippen LogP contribution in [0.2, 0.25) is 0 Å². The summed E-state index contributed by atoms with van der Waals surface area (Å²) < 4.78 is 5.43. The highest BCUT2D eigenvalue weighted by Crippen LogP contribution is 2.28. The molecule has 2 rings (SSSR count). The van der Waals surface area contributed by atoms with Crippen LogP contribution in [-0.2, 0) is 4.74 Å². The topological polar surface area (TPSA) is 61.7 Å². The summed E-state index contributed by atoms with van der Waals surface area (Å²) >= 11 is 0. The summed E-state index contributed by atoms with van der Waals surface area (Å²) in [7, 11) is 0. The molecular formula is C13H25NO3. The lowest BCUT2D eigenvalue weighted by molar-refractivity contribution is 0.0240. The zero-order valence-electron chi connectivity index (χ0n) is 10.5. The molecule has 3 N–H and O–H groups in total. The van der Waals surface area contributed by atoms with Crippen LogP contribution < -0.4 is 5.32 Å². The first-order valence-corrected chi connectivity index (χ1v) is 6.93. The predicted octanol–water partition coefficient (Wildman–Crippen LogP) is 0.667. The fraction of sp³-hybridized carbons (Fsp3) is 1.00. The molecular weight excluding hydrogens is 218 g/mol. The second kappa shape index (κ2) is 6.69. The molecule has 0 aromatic rings. The highest BCUT2D eigenvalue weighted by atomic mass is 16.5. The largest absolute Gasteiger partial charge is 0.392 e. The Bertz CT molecular complexity index is 221. The Morgan fingerprint density at radius 2 is 1.94 bits per heavy atom. The number of ether oxygens (including phenoxy) is 1. The normalized spacial score (nSPS) is 31.4. The fourth-order valence-electron chi connectivity index (χ4n) is 2.35. The maximum atomic E-state index is 9.76. The van der Waals surface area contributed by atoms with Gasteiger partial charge in [0.25, 0.3) is 0 Å². The highest BCUT2D eigenvalue weighted by molar-refractivity contribution is 4.81. The van der Waals surface area contributed by atoms with Crippen molar-refractivity contribution in [3.05, 3.63) is 0 Å². The summed E-state index contributed by atoms with van der Waals surface area (Å²) in [6, 6.07) is 0.154. The lowest BCUT2D eigenvalue weighted by atomic mass is 9.92. The molecule has 0 spiro atoms. The average molecular weight is 243 g/mol. The van der Waals surface area contributed by atoms with E-state index in [-0.39, 0.29) is 12.1 Å². The van der Waals surface area contributed by atoms with Gasteiger partial charge in [-0.25, -0.2) is 0 Å². The monoisotopic (exact) mass is 243 g/mol. The lowest BCUT2D eigenvalue weighted by Gasteiger charge is -2.29. The van der Waals surface area contributed by atoms with Crippen molar-refractivity contribution in [2.24, 2.45) is 5.92 Å². The molecule has 100 valence electrons. The summed E-state index contributed by atoms with van der Waals surface area (Å²) in [5.41, 5.74) is 0. The molecule has 3 atom stereocenters. The number of rotatable bonds is 7. The van der Waals surface area contributed by atoms with Gasteiger partial charge in [-0.15, -0.1) is 0 Å². The minimum atomic E-state index is -0.456. The molecule has 4 heteroatoms. The second-order valence-electron chi connectivity index (χ2n) is 5.50. The van der Waals surface area contributed by atoms with E-state index in [2.05, 4.69) is 5.32 Å². The van der Waals surface area contributed by atoms with E-state index in [0.29, 0.717) is 13.2 Å². The van der Waals surface area contributed by atoms with E-state index >= 15 is 0 Å². The third-order valence-electron chi connectivity index (χ3n) is 3.71. The van der Waals surface area contributed by atoms with Crippen molar-refractivity contribution >= 4 is 0 Å². The molecule has 2 aliphatic rings. The lowest BCUT2D eigenvalue weighted by Crippen LogP contribution is -2.45. The highest BCUT2D eigenvalue weighted by Gasteiger charge is 2.24. The molecule has 0 radical (unpaired) electrons. The van der Waals surface area contributed by atoms with Gasteiger partial charge in [0.05, 0.1) is 18.8 Å². The van der Waals surface area contributed by atoms with E-state index in [9.17, 15) is 10.2 Å². The van der Waals surface area contributed by atoms with E-state index in [1.54, 1.807) is 0 Å². The van der Waals surface area contributed by atoms with E-state index in [4.69, 9.17) is 4.74 Å². The smallest absolute Gasteiger partial charge is 0.0897 e. The average Bonchev–Trinajstić information content (AvgIpc) is 3.12. The number of hydrogen-bond donors (Lipinski definition) is 3. The third kappa shape index (κ3) is 4.92. The van der Waals surface area contributed by atoms with Crippen LogP contribution in [0.5, 0.6) is 0 Å². The van der Waals surface area contributed by atoms with Gasteiger partial charge in [-0.05, 0) is 31.6 Å². The van der Waals surface area contributed by atoms with Crippen molar-refractivity contribution in [2.75, 3.05) is 19.8 Å². The molecule has 0 aromatic heterocycles. The Labute approximate surface area is 103 Å². The number of aliphatic hydroxyl groups excluding tert-OH is 2. The minimum Gasteiger partial charge on any atom is -0.392 e. The van der Waals surface area contributed by atoms with Gasteiger partial charge in [0.1, 0.15) is 0 Å². The van der Waals surface area contributed by atoms with E-state index in [1.807, 2.05) is 0 Å². The Kier molecular flexibility index (Phi) is 5.22. The Morgan fingerprint density at radius 1 is 1.18 bits per heavy atom. The zero-order chi connectivity index (χ0) is 12.1. The van der Waals surface area contributed by atoms with Crippen molar-refractivity contribution in [3.8, 4) is 0 Å². The standard InChI is InChI=1S/C13H25NO3/c15-11(9-17-8-10-5-6-10)7-14-12-3-1-2-4-13(12)16/h10-16H,1-9H2. The van der Waals surface area contributed by atoms with Gasteiger partial charge in [-0.3, -0.25) is 0 Å². The Morgan fingerprint density at radius 3 is 2.65 bits per heavy atom. The van der Waals surface area contributed by atoms with E-state index in [1.165, 1.54) is 19.3 Å². The Hall–Kier alpha value is -0.160.